The van der Waals surface area contributed by atoms with E-state index in [9.17, 15) is 0 Å². The molecular weight excluding hydrogens is 272 g/mol. The van der Waals surface area contributed by atoms with Crippen LogP contribution in [0.1, 0.15) is 32.1 Å². The highest BCUT2D eigenvalue weighted by molar-refractivity contribution is 5.59. The van der Waals surface area contributed by atoms with Gasteiger partial charge in [-0.3, -0.25) is 4.98 Å². The molecule has 0 spiro atoms. The van der Waals surface area contributed by atoms with Gasteiger partial charge in [-0.15, -0.1) is 0 Å². The van der Waals surface area contributed by atoms with Gasteiger partial charge in [0, 0.05) is 23.7 Å². The van der Waals surface area contributed by atoms with Gasteiger partial charge in [-0.05, 0) is 49.2 Å². The second-order valence-electron chi connectivity index (χ2n) is 6.29. The van der Waals surface area contributed by atoms with Gasteiger partial charge in [-0.25, -0.2) is 0 Å². The van der Waals surface area contributed by atoms with Crippen LogP contribution in [0.5, 0.6) is 5.75 Å². The highest BCUT2D eigenvalue weighted by Gasteiger charge is 2.31. The third-order valence-electron chi connectivity index (χ3n) is 4.71. The summed E-state index contributed by atoms with van der Waals surface area (Å²) in [5, 5.41) is 0. The lowest BCUT2D eigenvalue weighted by atomic mass is 9.75. The highest BCUT2D eigenvalue weighted by Crippen LogP contribution is 2.36. The number of rotatable bonds is 5. The molecule has 1 aliphatic carbocycles. The molecule has 0 aliphatic heterocycles. The first-order valence-electron chi connectivity index (χ1n) is 8.16. The SMILES string of the molecule is NCC1(COc2ccc(-c3ccccn3)cc2)CCCCC1. The number of nitrogens with zero attached hydrogens (tertiary/aromatic N) is 1. The third kappa shape index (κ3) is 3.47. The van der Waals surface area contributed by atoms with Gasteiger partial charge in [0.2, 0.25) is 0 Å². The molecule has 22 heavy (non-hydrogen) atoms. The number of hydrogen-bond donors (Lipinski definition) is 1. The summed E-state index contributed by atoms with van der Waals surface area (Å²) in [6, 6.07) is 14.1. The van der Waals surface area contributed by atoms with E-state index in [1.807, 2.05) is 36.5 Å². The van der Waals surface area contributed by atoms with E-state index in [0.717, 1.165) is 30.2 Å². The van der Waals surface area contributed by atoms with Crippen LogP contribution in [-0.4, -0.2) is 18.1 Å². The minimum absolute atomic E-state index is 0.178. The Morgan fingerprint density at radius 3 is 2.41 bits per heavy atom. The molecule has 2 N–H and O–H groups in total. The Labute approximate surface area is 132 Å². The van der Waals surface area contributed by atoms with Crippen molar-refractivity contribution in [2.24, 2.45) is 11.1 Å². The molecule has 0 bridgehead atoms. The molecule has 0 unspecified atom stereocenters. The second kappa shape index (κ2) is 6.93. The highest BCUT2D eigenvalue weighted by atomic mass is 16.5. The number of pyridine rings is 1. The van der Waals surface area contributed by atoms with Gasteiger partial charge in [0.05, 0.1) is 12.3 Å². The zero-order chi connectivity index (χ0) is 15.3. The summed E-state index contributed by atoms with van der Waals surface area (Å²) < 4.78 is 6.03. The van der Waals surface area contributed by atoms with E-state index < -0.39 is 0 Å². The standard InChI is InChI=1S/C19H24N2O/c20-14-19(11-3-1-4-12-19)15-22-17-9-7-16(8-10-17)18-6-2-5-13-21-18/h2,5-10,13H,1,3-4,11-12,14-15,20H2. The van der Waals surface area contributed by atoms with Crippen LogP contribution in [0.15, 0.2) is 48.7 Å². The second-order valence-corrected chi connectivity index (χ2v) is 6.29. The number of hydrogen-bond acceptors (Lipinski definition) is 3. The molecule has 1 aromatic carbocycles. The van der Waals surface area contributed by atoms with Crippen LogP contribution in [0, 0.1) is 5.41 Å². The fraction of sp³-hybridized carbons (Fsp3) is 0.421. The number of nitrogens with two attached hydrogens (primary N) is 1. The maximum atomic E-state index is 6.03. The predicted octanol–water partition coefficient (Wildman–Crippen LogP) is 4.04. The maximum absolute atomic E-state index is 6.03. The van der Waals surface area contributed by atoms with Gasteiger partial charge >= 0.3 is 0 Å². The topological polar surface area (TPSA) is 48.1 Å². The van der Waals surface area contributed by atoms with Crippen molar-refractivity contribution >= 4 is 0 Å². The lowest BCUT2D eigenvalue weighted by molar-refractivity contribution is 0.105. The molecule has 116 valence electrons. The largest absolute Gasteiger partial charge is 0.493 e. The minimum Gasteiger partial charge on any atom is -0.493 e. The van der Waals surface area contributed by atoms with Crippen LogP contribution in [0.25, 0.3) is 11.3 Å². The van der Waals surface area contributed by atoms with Crippen molar-refractivity contribution in [3.63, 3.8) is 0 Å². The molecule has 3 rings (SSSR count). The zero-order valence-electron chi connectivity index (χ0n) is 13.0. The summed E-state index contributed by atoms with van der Waals surface area (Å²) in [6.07, 6.45) is 8.08. The van der Waals surface area contributed by atoms with E-state index in [1.165, 1.54) is 32.1 Å². The molecule has 1 aliphatic rings. The van der Waals surface area contributed by atoms with Gasteiger partial charge in [-0.1, -0.05) is 25.3 Å². The number of benzene rings is 1. The first kappa shape index (κ1) is 15.0. The average molecular weight is 296 g/mol. The van der Waals surface area contributed by atoms with Gasteiger partial charge in [-0.2, -0.15) is 0 Å². The third-order valence-corrected chi connectivity index (χ3v) is 4.71. The summed E-state index contributed by atoms with van der Waals surface area (Å²) in [7, 11) is 0. The Kier molecular flexibility index (Phi) is 4.74. The van der Waals surface area contributed by atoms with E-state index in [-0.39, 0.29) is 5.41 Å². The van der Waals surface area contributed by atoms with E-state index >= 15 is 0 Å². The van der Waals surface area contributed by atoms with E-state index in [0.29, 0.717) is 0 Å². The van der Waals surface area contributed by atoms with Crippen molar-refractivity contribution in [3.05, 3.63) is 48.7 Å². The molecule has 0 atom stereocenters. The van der Waals surface area contributed by atoms with Gasteiger partial charge in [0.25, 0.3) is 0 Å². The van der Waals surface area contributed by atoms with Gasteiger partial charge < -0.3 is 10.5 Å². The molecule has 2 aromatic rings. The number of ether oxygens (including phenoxy) is 1. The monoisotopic (exact) mass is 296 g/mol. The molecule has 1 heterocycles. The quantitative estimate of drug-likeness (QED) is 0.906. The molecule has 3 nitrogen and oxygen atoms in total. The van der Waals surface area contributed by atoms with E-state index in [1.54, 1.807) is 0 Å². The molecule has 1 saturated carbocycles. The lowest BCUT2D eigenvalue weighted by Gasteiger charge is -2.35. The maximum Gasteiger partial charge on any atom is 0.119 e. The molecule has 3 heteroatoms. The van der Waals surface area contributed by atoms with E-state index in [2.05, 4.69) is 17.1 Å². The Balaban J connectivity index is 1.64. The molecule has 0 saturated heterocycles. The summed E-state index contributed by atoms with van der Waals surface area (Å²) in [5.74, 6) is 0.915. The van der Waals surface area contributed by atoms with Crippen molar-refractivity contribution in [1.82, 2.24) is 4.98 Å². The van der Waals surface area contributed by atoms with Crippen LogP contribution in [-0.2, 0) is 0 Å². The van der Waals surface area contributed by atoms with Crippen molar-refractivity contribution in [2.45, 2.75) is 32.1 Å². The summed E-state index contributed by atoms with van der Waals surface area (Å²) >= 11 is 0. The molecule has 1 aromatic heterocycles. The van der Waals surface area contributed by atoms with Crippen LogP contribution in [0.4, 0.5) is 0 Å². The Morgan fingerprint density at radius 1 is 1.00 bits per heavy atom. The van der Waals surface area contributed by atoms with Crippen LogP contribution < -0.4 is 10.5 Å². The average Bonchev–Trinajstić information content (AvgIpc) is 2.62. The van der Waals surface area contributed by atoms with Crippen molar-refractivity contribution in [3.8, 4) is 17.0 Å². The molecule has 1 fully saturated rings. The lowest BCUT2D eigenvalue weighted by Crippen LogP contribution is -2.38. The summed E-state index contributed by atoms with van der Waals surface area (Å²) in [4.78, 5) is 4.37. The van der Waals surface area contributed by atoms with Crippen molar-refractivity contribution in [1.29, 1.82) is 0 Å². The summed E-state index contributed by atoms with van der Waals surface area (Å²) in [6.45, 7) is 1.45. The first-order chi connectivity index (χ1) is 10.8. The minimum atomic E-state index is 0.178. The van der Waals surface area contributed by atoms with Gasteiger partial charge in [0.1, 0.15) is 5.75 Å². The molecule has 0 amide bonds. The fourth-order valence-corrected chi connectivity index (χ4v) is 3.20. The van der Waals surface area contributed by atoms with Crippen molar-refractivity contribution < 1.29 is 4.74 Å². The zero-order valence-corrected chi connectivity index (χ0v) is 13.0. The first-order valence-corrected chi connectivity index (χ1v) is 8.16. The Hall–Kier alpha value is -1.87. The Bertz CT molecular complexity index is 574. The van der Waals surface area contributed by atoms with E-state index in [4.69, 9.17) is 10.5 Å². The fourth-order valence-electron chi connectivity index (χ4n) is 3.20. The molecule has 0 radical (unpaired) electrons. The molecular formula is C19H24N2O. The van der Waals surface area contributed by atoms with Crippen LogP contribution >= 0.6 is 0 Å². The number of aromatic nitrogens is 1. The van der Waals surface area contributed by atoms with Crippen LogP contribution in [0.3, 0.4) is 0 Å². The van der Waals surface area contributed by atoms with Crippen molar-refractivity contribution in [2.75, 3.05) is 13.2 Å². The smallest absolute Gasteiger partial charge is 0.119 e. The predicted molar refractivity (Wildman–Crippen MR) is 89.7 cm³/mol. The normalized spacial score (nSPS) is 17.1. The van der Waals surface area contributed by atoms with Crippen LogP contribution in [0.2, 0.25) is 0 Å². The van der Waals surface area contributed by atoms with Gasteiger partial charge in [0.15, 0.2) is 0 Å². The summed E-state index contributed by atoms with van der Waals surface area (Å²) in [5.41, 5.74) is 8.29. The Morgan fingerprint density at radius 2 is 1.77 bits per heavy atom.